The highest BCUT2D eigenvalue weighted by Gasteiger charge is 1.89. The fraction of sp³-hybridized carbons (Fsp3) is 0.500. The fourth-order valence-corrected chi connectivity index (χ4v) is 0. The van der Waals surface area contributed by atoms with E-state index in [2.05, 4.69) is 0 Å². The zero-order chi connectivity index (χ0) is 4.28. The van der Waals surface area contributed by atoms with E-state index in [4.69, 9.17) is 23.2 Å². The summed E-state index contributed by atoms with van der Waals surface area (Å²) in [4.78, 5) is 0. The molecule has 0 bridgehead atoms. The SMILES string of the molecule is Cl[CH]C(Cl)I. The van der Waals surface area contributed by atoms with Gasteiger partial charge in [-0.25, -0.2) is 0 Å². The van der Waals surface area contributed by atoms with Crippen LogP contribution in [0.2, 0.25) is 0 Å². The molecule has 1 unspecified atom stereocenters. The van der Waals surface area contributed by atoms with Gasteiger partial charge in [-0.2, -0.15) is 0 Å². The molecular weight excluding hydrogens is 222 g/mol. The predicted molar refractivity (Wildman–Crippen MR) is 33.8 cm³/mol. The lowest BCUT2D eigenvalue weighted by molar-refractivity contribution is 1.67. The van der Waals surface area contributed by atoms with Crippen molar-refractivity contribution in [3.63, 3.8) is 0 Å². The van der Waals surface area contributed by atoms with E-state index in [1.165, 1.54) is 5.88 Å². The standard InChI is InChI=1S/C2H2Cl2I/c3-1-2(4)5/h1-2H. The Labute approximate surface area is 55.0 Å². The Balaban J connectivity index is 2.54. The van der Waals surface area contributed by atoms with Gasteiger partial charge >= 0.3 is 0 Å². The average Bonchev–Trinajstić information content (AvgIpc) is 1.38. The summed E-state index contributed by atoms with van der Waals surface area (Å²) in [5, 5.41) is 0. The molecule has 0 aliphatic rings. The van der Waals surface area contributed by atoms with Crippen molar-refractivity contribution in [2.45, 2.75) is 3.38 Å². The second-order valence-corrected chi connectivity index (χ2v) is 3.26. The number of alkyl halides is 2. The van der Waals surface area contributed by atoms with Crippen molar-refractivity contribution < 1.29 is 0 Å². The van der Waals surface area contributed by atoms with E-state index in [1.54, 1.807) is 0 Å². The Hall–Kier alpha value is 1.31. The minimum absolute atomic E-state index is 0.0331. The van der Waals surface area contributed by atoms with Crippen LogP contribution in [0, 0.1) is 5.88 Å². The van der Waals surface area contributed by atoms with Crippen molar-refractivity contribution in [2.24, 2.45) is 0 Å². The van der Waals surface area contributed by atoms with E-state index in [-0.39, 0.29) is 3.38 Å². The van der Waals surface area contributed by atoms with Crippen LogP contribution in [-0.4, -0.2) is 3.38 Å². The van der Waals surface area contributed by atoms with Gasteiger partial charge in [-0.1, -0.05) is 22.6 Å². The minimum Gasteiger partial charge on any atom is -0.119 e. The summed E-state index contributed by atoms with van der Waals surface area (Å²) in [5.41, 5.74) is 0. The molecule has 3 heteroatoms. The molecule has 1 atom stereocenters. The normalized spacial score (nSPS) is 15.0. The Kier molecular flexibility index (Phi) is 4.41. The Morgan fingerprint density at radius 1 is 1.80 bits per heavy atom. The largest absolute Gasteiger partial charge is 0.119 e. The summed E-state index contributed by atoms with van der Waals surface area (Å²) < 4.78 is -0.0331. The monoisotopic (exact) mass is 223 g/mol. The van der Waals surface area contributed by atoms with Gasteiger partial charge in [0.2, 0.25) is 0 Å². The lowest BCUT2D eigenvalue weighted by Crippen LogP contribution is -1.72. The molecule has 0 fully saturated rings. The van der Waals surface area contributed by atoms with Crippen molar-refractivity contribution >= 4 is 45.8 Å². The van der Waals surface area contributed by atoms with Crippen molar-refractivity contribution in [1.29, 1.82) is 0 Å². The van der Waals surface area contributed by atoms with Gasteiger partial charge in [-0.15, -0.1) is 23.2 Å². The first-order chi connectivity index (χ1) is 2.27. The second kappa shape index (κ2) is 3.50. The summed E-state index contributed by atoms with van der Waals surface area (Å²) in [7, 11) is 0. The molecule has 0 rings (SSSR count). The van der Waals surface area contributed by atoms with Crippen molar-refractivity contribution in [3.8, 4) is 0 Å². The molecule has 31 valence electrons. The maximum atomic E-state index is 5.26. The van der Waals surface area contributed by atoms with Crippen LogP contribution in [0.1, 0.15) is 0 Å². The molecule has 0 spiro atoms. The van der Waals surface area contributed by atoms with E-state index < -0.39 is 0 Å². The van der Waals surface area contributed by atoms with Crippen LogP contribution in [0.4, 0.5) is 0 Å². The van der Waals surface area contributed by atoms with Gasteiger partial charge in [0.05, 0.1) is 5.88 Å². The molecule has 0 aliphatic carbocycles. The topological polar surface area (TPSA) is 0 Å². The molecule has 0 aromatic carbocycles. The number of hydrogen-bond donors (Lipinski definition) is 0. The predicted octanol–water partition coefficient (Wildman–Crippen LogP) is 2.39. The molecule has 0 aromatic rings. The van der Waals surface area contributed by atoms with Crippen molar-refractivity contribution in [1.82, 2.24) is 0 Å². The van der Waals surface area contributed by atoms with Gasteiger partial charge in [-0.3, -0.25) is 0 Å². The number of rotatable bonds is 1. The van der Waals surface area contributed by atoms with Gasteiger partial charge in [0.1, 0.15) is 3.38 Å². The molecule has 0 heterocycles. The van der Waals surface area contributed by atoms with Crippen molar-refractivity contribution in [3.05, 3.63) is 5.88 Å². The van der Waals surface area contributed by atoms with Crippen LogP contribution < -0.4 is 0 Å². The average molecular weight is 224 g/mol. The van der Waals surface area contributed by atoms with E-state index in [1.807, 2.05) is 22.6 Å². The third-order valence-electron chi connectivity index (χ3n) is 0.0952. The third kappa shape index (κ3) is 5.31. The van der Waals surface area contributed by atoms with E-state index in [9.17, 15) is 0 Å². The fourth-order valence-electron chi connectivity index (χ4n) is 0. The summed E-state index contributed by atoms with van der Waals surface area (Å²) in [6.45, 7) is 0. The van der Waals surface area contributed by atoms with Crippen LogP contribution in [0.3, 0.4) is 0 Å². The van der Waals surface area contributed by atoms with Crippen LogP contribution in [-0.2, 0) is 0 Å². The zero-order valence-corrected chi connectivity index (χ0v) is 5.96. The van der Waals surface area contributed by atoms with Gasteiger partial charge in [0.15, 0.2) is 0 Å². The van der Waals surface area contributed by atoms with Crippen LogP contribution in [0.15, 0.2) is 0 Å². The quantitative estimate of drug-likeness (QED) is 0.473. The van der Waals surface area contributed by atoms with Crippen LogP contribution >= 0.6 is 45.8 Å². The first kappa shape index (κ1) is 6.31. The zero-order valence-electron chi connectivity index (χ0n) is 2.29. The molecule has 1 radical (unpaired) electrons. The van der Waals surface area contributed by atoms with Crippen LogP contribution in [0.25, 0.3) is 0 Å². The lowest BCUT2D eigenvalue weighted by atomic mass is 11.0. The molecule has 0 aromatic heterocycles. The van der Waals surface area contributed by atoms with Gasteiger partial charge < -0.3 is 0 Å². The Morgan fingerprint density at radius 3 is 2.00 bits per heavy atom. The smallest absolute Gasteiger partial charge is 0.103 e. The van der Waals surface area contributed by atoms with Crippen LogP contribution in [0.5, 0.6) is 0 Å². The minimum atomic E-state index is -0.0331. The Bertz CT molecular complexity index is 21.6. The summed E-state index contributed by atoms with van der Waals surface area (Å²) in [6, 6.07) is 0. The summed E-state index contributed by atoms with van der Waals surface area (Å²) in [5.74, 6) is 1.39. The first-order valence-electron chi connectivity index (χ1n) is 0.988. The highest BCUT2D eigenvalue weighted by molar-refractivity contribution is 14.1. The first-order valence-corrected chi connectivity index (χ1v) is 3.11. The molecule has 0 amide bonds. The third-order valence-corrected chi connectivity index (χ3v) is 1.39. The molecule has 0 N–H and O–H groups in total. The lowest BCUT2D eigenvalue weighted by Gasteiger charge is -1.82. The van der Waals surface area contributed by atoms with E-state index in [0.717, 1.165) is 0 Å². The highest BCUT2D eigenvalue weighted by atomic mass is 127. The summed E-state index contributed by atoms with van der Waals surface area (Å²) in [6.07, 6.45) is 0. The molecule has 0 aliphatic heterocycles. The van der Waals surface area contributed by atoms with Gasteiger partial charge in [0.25, 0.3) is 0 Å². The molecule has 5 heavy (non-hydrogen) atoms. The maximum absolute atomic E-state index is 5.26. The second-order valence-electron chi connectivity index (χ2n) is 0.460. The van der Waals surface area contributed by atoms with E-state index >= 15 is 0 Å². The molecule has 0 nitrogen and oxygen atoms in total. The molecular formula is C2H2Cl2I. The van der Waals surface area contributed by atoms with Gasteiger partial charge in [0, 0.05) is 0 Å². The van der Waals surface area contributed by atoms with E-state index in [0.29, 0.717) is 0 Å². The maximum Gasteiger partial charge on any atom is 0.103 e. The molecule has 0 saturated heterocycles. The molecule has 0 saturated carbocycles. The van der Waals surface area contributed by atoms with Gasteiger partial charge in [-0.05, 0) is 0 Å². The van der Waals surface area contributed by atoms with Crippen molar-refractivity contribution in [2.75, 3.05) is 0 Å². The Morgan fingerprint density at radius 2 is 2.00 bits per heavy atom. The number of halogens is 3. The number of hydrogen-bond acceptors (Lipinski definition) is 0. The highest BCUT2D eigenvalue weighted by Crippen LogP contribution is 2.10. The summed E-state index contributed by atoms with van der Waals surface area (Å²) >= 11 is 12.3.